The van der Waals surface area contributed by atoms with E-state index < -0.39 is 12.0 Å². The van der Waals surface area contributed by atoms with Crippen LogP contribution in [-0.2, 0) is 11.2 Å². The van der Waals surface area contributed by atoms with Gasteiger partial charge in [0.15, 0.2) is 11.5 Å². The Morgan fingerprint density at radius 2 is 2.25 bits per heavy atom. The number of carbonyl (C=O) groups is 1. The number of benzene rings is 1. The molecule has 1 aromatic carbocycles. The summed E-state index contributed by atoms with van der Waals surface area (Å²) < 4.78 is 5.63. The predicted octanol–water partition coefficient (Wildman–Crippen LogP) is 1.12. The summed E-state index contributed by atoms with van der Waals surface area (Å²) >= 11 is 3.24. The van der Waals surface area contributed by atoms with Gasteiger partial charge < -0.3 is 20.7 Å². The minimum absolute atomic E-state index is 0.0387. The summed E-state index contributed by atoms with van der Waals surface area (Å²) in [7, 11) is 1.42. The lowest BCUT2D eigenvalue weighted by Gasteiger charge is -2.11. The first-order valence-electron chi connectivity index (χ1n) is 4.49. The highest BCUT2D eigenvalue weighted by Gasteiger charge is 2.17. The highest BCUT2D eigenvalue weighted by molar-refractivity contribution is 9.10. The molecule has 88 valence electrons. The molecule has 1 aromatic rings. The van der Waals surface area contributed by atoms with Crippen molar-refractivity contribution in [1.29, 1.82) is 0 Å². The van der Waals surface area contributed by atoms with Crippen molar-refractivity contribution in [3.05, 3.63) is 22.2 Å². The van der Waals surface area contributed by atoms with Gasteiger partial charge in [-0.3, -0.25) is 4.79 Å². The van der Waals surface area contributed by atoms with Gasteiger partial charge in [0.2, 0.25) is 0 Å². The van der Waals surface area contributed by atoms with Gasteiger partial charge in [0.05, 0.1) is 7.11 Å². The lowest BCUT2D eigenvalue weighted by molar-refractivity contribution is -0.138. The zero-order valence-corrected chi connectivity index (χ0v) is 10.2. The summed E-state index contributed by atoms with van der Waals surface area (Å²) in [5.41, 5.74) is 5.82. The number of phenols is 1. The molecule has 0 aromatic heterocycles. The maximum absolute atomic E-state index is 10.6. The first kappa shape index (κ1) is 12.8. The van der Waals surface area contributed by atoms with Crippen molar-refractivity contribution in [2.75, 3.05) is 7.11 Å². The number of hydrogen-bond donors (Lipinski definition) is 3. The predicted molar refractivity (Wildman–Crippen MR) is 61.7 cm³/mol. The standard InChI is InChI=1S/C10H12BrNO4/c1-16-8-4-6(11)2-5(9(8)13)3-7(12)10(14)15/h2,4,7,13H,3,12H2,1H3,(H,14,15). The highest BCUT2D eigenvalue weighted by atomic mass is 79.9. The lowest BCUT2D eigenvalue weighted by Crippen LogP contribution is -2.32. The minimum Gasteiger partial charge on any atom is -0.504 e. The van der Waals surface area contributed by atoms with E-state index in [0.29, 0.717) is 10.0 Å². The number of carboxylic acid groups (broad SMARTS) is 1. The Bertz CT molecular complexity index is 408. The molecule has 1 atom stereocenters. The van der Waals surface area contributed by atoms with Crippen molar-refractivity contribution in [1.82, 2.24) is 0 Å². The SMILES string of the molecule is COc1cc(Br)cc(CC(N)C(=O)O)c1O. The number of hydrogen-bond acceptors (Lipinski definition) is 4. The van der Waals surface area contributed by atoms with E-state index >= 15 is 0 Å². The third-order valence-corrected chi connectivity index (χ3v) is 2.55. The molecule has 0 radical (unpaired) electrons. The van der Waals surface area contributed by atoms with Crippen LogP contribution in [0, 0.1) is 0 Å². The summed E-state index contributed by atoms with van der Waals surface area (Å²) in [5.74, 6) is -0.914. The minimum atomic E-state index is -1.11. The molecule has 0 aliphatic carbocycles. The van der Waals surface area contributed by atoms with Crippen molar-refractivity contribution >= 4 is 21.9 Å². The van der Waals surface area contributed by atoms with Gasteiger partial charge >= 0.3 is 5.97 Å². The molecule has 0 aliphatic heterocycles. The molecule has 0 heterocycles. The Labute approximate surface area is 101 Å². The molecule has 0 amide bonds. The first-order valence-corrected chi connectivity index (χ1v) is 5.28. The third kappa shape index (κ3) is 2.86. The zero-order valence-electron chi connectivity index (χ0n) is 8.61. The number of carboxylic acids is 1. The van der Waals surface area contributed by atoms with E-state index in [9.17, 15) is 9.90 Å². The second-order valence-electron chi connectivity index (χ2n) is 3.26. The second kappa shape index (κ2) is 5.18. The van der Waals surface area contributed by atoms with Gasteiger partial charge in [-0.25, -0.2) is 0 Å². The van der Waals surface area contributed by atoms with E-state index in [2.05, 4.69) is 15.9 Å². The molecule has 16 heavy (non-hydrogen) atoms. The number of rotatable bonds is 4. The molecule has 0 spiro atoms. The summed E-state index contributed by atoms with van der Waals surface area (Å²) in [6.07, 6.45) is 0.0387. The van der Waals surface area contributed by atoms with E-state index in [0.717, 1.165) is 0 Å². The average Bonchev–Trinajstić information content (AvgIpc) is 2.22. The van der Waals surface area contributed by atoms with Gasteiger partial charge in [-0.05, 0) is 12.1 Å². The number of aliphatic carboxylic acids is 1. The fourth-order valence-electron chi connectivity index (χ4n) is 1.26. The van der Waals surface area contributed by atoms with Crippen molar-refractivity contribution in [3.63, 3.8) is 0 Å². The number of nitrogens with two attached hydrogens (primary N) is 1. The number of phenolic OH excluding ortho intramolecular Hbond substituents is 1. The van der Waals surface area contributed by atoms with Gasteiger partial charge in [-0.1, -0.05) is 15.9 Å². The molecule has 4 N–H and O–H groups in total. The van der Waals surface area contributed by atoms with Gasteiger partial charge in [0, 0.05) is 16.5 Å². The van der Waals surface area contributed by atoms with Gasteiger partial charge in [0.25, 0.3) is 0 Å². The smallest absolute Gasteiger partial charge is 0.320 e. The summed E-state index contributed by atoms with van der Waals surface area (Å²) in [6, 6.07) is 2.15. The van der Waals surface area contributed by atoms with E-state index in [-0.39, 0.29) is 17.9 Å². The number of halogens is 1. The molecule has 1 unspecified atom stereocenters. The molecule has 1 rings (SSSR count). The van der Waals surface area contributed by atoms with Gasteiger partial charge in [0.1, 0.15) is 6.04 Å². The zero-order chi connectivity index (χ0) is 12.3. The van der Waals surface area contributed by atoms with Crippen molar-refractivity contribution in [3.8, 4) is 11.5 Å². The van der Waals surface area contributed by atoms with Crippen LogP contribution in [0.3, 0.4) is 0 Å². The van der Waals surface area contributed by atoms with Crippen LogP contribution < -0.4 is 10.5 Å². The first-order chi connectivity index (χ1) is 7.45. The van der Waals surface area contributed by atoms with Crippen LogP contribution in [0.2, 0.25) is 0 Å². The van der Waals surface area contributed by atoms with Crippen molar-refractivity contribution in [2.45, 2.75) is 12.5 Å². The van der Waals surface area contributed by atoms with E-state index in [1.807, 2.05) is 0 Å². The third-order valence-electron chi connectivity index (χ3n) is 2.10. The van der Waals surface area contributed by atoms with Crippen LogP contribution in [-0.4, -0.2) is 29.3 Å². The van der Waals surface area contributed by atoms with E-state index in [1.54, 1.807) is 12.1 Å². The molecular formula is C10H12BrNO4. The molecule has 0 aliphatic rings. The van der Waals surface area contributed by atoms with Crippen LogP contribution in [0.1, 0.15) is 5.56 Å². The quantitative estimate of drug-likeness (QED) is 0.772. The Morgan fingerprint density at radius 3 is 2.75 bits per heavy atom. The molecule has 0 bridgehead atoms. The van der Waals surface area contributed by atoms with Crippen LogP contribution in [0.25, 0.3) is 0 Å². The van der Waals surface area contributed by atoms with Crippen LogP contribution in [0.5, 0.6) is 11.5 Å². The second-order valence-corrected chi connectivity index (χ2v) is 4.18. The summed E-state index contributed by atoms with van der Waals surface area (Å²) in [6.45, 7) is 0. The monoisotopic (exact) mass is 289 g/mol. The fraction of sp³-hybridized carbons (Fsp3) is 0.300. The molecule has 0 saturated heterocycles. The fourth-order valence-corrected chi connectivity index (χ4v) is 1.75. The molecule has 5 nitrogen and oxygen atoms in total. The van der Waals surface area contributed by atoms with Crippen LogP contribution in [0.15, 0.2) is 16.6 Å². The van der Waals surface area contributed by atoms with Gasteiger partial charge in [-0.15, -0.1) is 0 Å². The Kier molecular flexibility index (Phi) is 4.14. The maximum Gasteiger partial charge on any atom is 0.320 e. The number of aromatic hydroxyl groups is 1. The van der Waals surface area contributed by atoms with Crippen LogP contribution >= 0.6 is 15.9 Å². The Morgan fingerprint density at radius 1 is 1.62 bits per heavy atom. The van der Waals surface area contributed by atoms with Crippen LogP contribution in [0.4, 0.5) is 0 Å². The summed E-state index contributed by atoms with van der Waals surface area (Å²) in [4.78, 5) is 10.6. The molecule has 0 saturated carbocycles. The normalized spacial score (nSPS) is 12.2. The molecule has 6 heteroatoms. The maximum atomic E-state index is 10.6. The average molecular weight is 290 g/mol. The molecular weight excluding hydrogens is 278 g/mol. The van der Waals surface area contributed by atoms with Crippen molar-refractivity contribution in [2.24, 2.45) is 5.73 Å². The Hall–Kier alpha value is -1.27. The number of ether oxygens (including phenoxy) is 1. The van der Waals surface area contributed by atoms with E-state index in [4.69, 9.17) is 15.6 Å². The Balaban J connectivity index is 3.04. The highest BCUT2D eigenvalue weighted by Crippen LogP contribution is 2.34. The largest absolute Gasteiger partial charge is 0.504 e. The topological polar surface area (TPSA) is 92.8 Å². The lowest BCUT2D eigenvalue weighted by atomic mass is 10.1. The van der Waals surface area contributed by atoms with E-state index in [1.165, 1.54) is 7.11 Å². The summed E-state index contributed by atoms with van der Waals surface area (Å²) in [5, 5.41) is 18.4. The molecule has 0 fully saturated rings. The number of methoxy groups -OCH3 is 1. The van der Waals surface area contributed by atoms with Crippen molar-refractivity contribution < 1.29 is 19.7 Å². The van der Waals surface area contributed by atoms with Gasteiger partial charge in [-0.2, -0.15) is 0 Å².